The highest BCUT2D eigenvalue weighted by Crippen LogP contribution is 2.20. The van der Waals surface area contributed by atoms with Gasteiger partial charge in [0.15, 0.2) is 5.11 Å². The highest BCUT2D eigenvalue weighted by Gasteiger charge is 2.30. The number of nitrogens with one attached hydrogen (secondary N) is 1. The standard InChI is InChI=1S/C14H19N3O2S/c1-2-19-11-7-5-10(6-8-11)16-14(20)17-9-3-4-12(17)13(15)18/h5-8,12H,2-4,9H2,1H3,(H2,15,18)(H,16,20)/t12-/m1/s1. The van der Waals surface area contributed by atoms with Gasteiger partial charge in [0.25, 0.3) is 0 Å². The van der Waals surface area contributed by atoms with Crippen LogP contribution in [0.5, 0.6) is 5.75 Å². The molecule has 0 saturated carbocycles. The van der Waals surface area contributed by atoms with Gasteiger partial charge in [0.05, 0.1) is 6.61 Å². The third-order valence-electron chi connectivity index (χ3n) is 3.26. The van der Waals surface area contributed by atoms with E-state index in [1.807, 2.05) is 36.1 Å². The molecule has 1 aromatic carbocycles. The predicted octanol–water partition coefficient (Wildman–Crippen LogP) is 1.73. The summed E-state index contributed by atoms with van der Waals surface area (Å²) in [5, 5.41) is 3.67. The van der Waals surface area contributed by atoms with E-state index < -0.39 is 0 Å². The third-order valence-corrected chi connectivity index (χ3v) is 3.60. The number of ether oxygens (including phenoxy) is 1. The molecule has 1 aliphatic heterocycles. The van der Waals surface area contributed by atoms with Crippen LogP contribution >= 0.6 is 12.2 Å². The predicted molar refractivity (Wildman–Crippen MR) is 82.8 cm³/mol. The zero-order valence-corrected chi connectivity index (χ0v) is 12.3. The lowest BCUT2D eigenvalue weighted by Crippen LogP contribution is -2.45. The number of nitrogens with two attached hydrogens (primary N) is 1. The first-order valence-electron chi connectivity index (χ1n) is 6.71. The quantitative estimate of drug-likeness (QED) is 0.828. The molecule has 1 fully saturated rings. The van der Waals surface area contributed by atoms with E-state index in [0.29, 0.717) is 11.7 Å². The van der Waals surface area contributed by atoms with Crippen molar-refractivity contribution in [1.29, 1.82) is 0 Å². The van der Waals surface area contributed by atoms with E-state index >= 15 is 0 Å². The lowest BCUT2D eigenvalue weighted by Gasteiger charge is -2.25. The number of benzene rings is 1. The summed E-state index contributed by atoms with van der Waals surface area (Å²) in [6, 6.07) is 7.26. The molecule has 1 atom stereocenters. The van der Waals surface area contributed by atoms with E-state index in [4.69, 9.17) is 22.7 Å². The molecular weight excluding hydrogens is 274 g/mol. The molecule has 20 heavy (non-hydrogen) atoms. The summed E-state index contributed by atoms with van der Waals surface area (Å²) in [5.41, 5.74) is 6.26. The zero-order chi connectivity index (χ0) is 14.5. The van der Waals surface area contributed by atoms with E-state index in [0.717, 1.165) is 30.8 Å². The molecule has 1 heterocycles. The smallest absolute Gasteiger partial charge is 0.240 e. The molecule has 1 aliphatic rings. The van der Waals surface area contributed by atoms with Gasteiger partial charge in [-0.05, 0) is 56.2 Å². The molecule has 108 valence electrons. The Morgan fingerprint density at radius 1 is 1.50 bits per heavy atom. The van der Waals surface area contributed by atoms with Crippen molar-refractivity contribution in [3.63, 3.8) is 0 Å². The van der Waals surface area contributed by atoms with Crippen molar-refractivity contribution in [2.45, 2.75) is 25.8 Å². The second kappa shape index (κ2) is 6.56. The topological polar surface area (TPSA) is 67.6 Å². The van der Waals surface area contributed by atoms with Gasteiger partial charge in [-0.25, -0.2) is 0 Å². The van der Waals surface area contributed by atoms with Gasteiger partial charge >= 0.3 is 0 Å². The monoisotopic (exact) mass is 293 g/mol. The highest BCUT2D eigenvalue weighted by molar-refractivity contribution is 7.80. The zero-order valence-electron chi connectivity index (χ0n) is 11.5. The molecule has 1 saturated heterocycles. The normalized spacial score (nSPS) is 17.9. The maximum atomic E-state index is 11.4. The first-order valence-corrected chi connectivity index (χ1v) is 7.12. The van der Waals surface area contributed by atoms with Crippen LogP contribution in [0.15, 0.2) is 24.3 Å². The van der Waals surface area contributed by atoms with E-state index in [1.165, 1.54) is 0 Å². The Hall–Kier alpha value is -1.82. The minimum atomic E-state index is -0.321. The van der Waals surface area contributed by atoms with Gasteiger partial charge in [-0.2, -0.15) is 0 Å². The number of amides is 1. The molecule has 0 unspecified atom stereocenters. The summed E-state index contributed by atoms with van der Waals surface area (Å²) < 4.78 is 5.38. The van der Waals surface area contributed by atoms with Crippen LogP contribution in [-0.2, 0) is 4.79 Å². The number of hydrogen-bond donors (Lipinski definition) is 2. The van der Waals surface area contributed by atoms with Gasteiger partial charge in [-0.15, -0.1) is 0 Å². The fourth-order valence-corrected chi connectivity index (χ4v) is 2.64. The average molecular weight is 293 g/mol. The van der Waals surface area contributed by atoms with Crippen LogP contribution < -0.4 is 15.8 Å². The van der Waals surface area contributed by atoms with Crippen LogP contribution in [-0.4, -0.2) is 35.1 Å². The molecule has 0 aliphatic carbocycles. The molecule has 0 radical (unpaired) electrons. The van der Waals surface area contributed by atoms with Gasteiger partial charge in [0.1, 0.15) is 11.8 Å². The van der Waals surface area contributed by atoms with Crippen molar-refractivity contribution in [3.8, 4) is 5.75 Å². The Morgan fingerprint density at radius 3 is 2.80 bits per heavy atom. The lowest BCUT2D eigenvalue weighted by molar-refractivity contribution is -0.121. The number of nitrogens with zero attached hydrogens (tertiary/aromatic N) is 1. The number of carbonyl (C=O) groups excluding carboxylic acids is 1. The summed E-state index contributed by atoms with van der Waals surface area (Å²) in [5.74, 6) is 0.499. The molecule has 0 bridgehead atoms. The van der Waals surface area contributed by atoms with Crippen LogP contribution in [0.1, 0.15) is 19.8 Å². The second-order valence-electron chi connectivity index (χ2n) is 4.64. The minimum absolute atomic E-state index is 0.294. The maximum Gasteiger partial charge on any atom is 0.240 e. The number of rotatable bonds is 4. The molecule has 0 aromatic heterocycles. The number of thiocarbonyl (C=S) groups is 1. The van der Waals surface area contributed by atoms with Gasteiger partial charge in [-0.1, -0.05) is 0 Å². The number of likely N-dealkylation sites (tertiary alicyclic amines) is 1. The SMILES string of the molecule is CCOc1ccc(NC(=S)N2CCC[C@@H]2C(N)=O)cc1. The first kappa shape index (κ1) is 14.6. The van der Waals surface area contributed by atoms with E-state index in [9.17, 15) is 4.79 Å². The lowest BCUT2D eigenvalue weighted by atomic mass is 10.2. The van der Waals surface area contributed by atoms with Gasteiger partial charge in [0, 0.05) is 12.2 Å². The second-order valence-corrected chi connectivity index (χ2v) is 5.03. The number of anilines is 1. The van der Waals surface area contributed by atoms with Gasteiger partial charge < -0.3 is 20.7 Å². The molecule has 6 heteroatoms. The number of hydrogen-bond acceptors (Lipinski definition) is 3. The van der Waals surface area contributed by atoms with Crippen molar-refractivity contribution >= 4 is 28.9 Å². The molecule has 0 spiro atoms. The fourth-order valence-electron chi connectivity index (χ4n) is 2.30. The van der Waals surface area contributed by atoms with Crippen molar-refractivity contribution in [1.82, 2.24) is 4.90 Å². The number of primary amides is 1. The summed E-state index contributed by atoms with van der Waals surface area (Å²) >= 11 is 5.35. The van der Waals surface area contributed by atoms with Crippen LogP contribution in [0.3, 0.4) is 0 Å². The Morgan fingerprint density at radius 2 is 2.20 bits per heavy atom. The Balaban J connectivity index is 1.98. The largest absolute Gasteiger partial charge is 0.494 e. The fraction of sp³-hybridized carbons (Fsp3) is 0.429. The van der Waals surface area contributed by atoms with Gasteiger partial charge in [0.2, 0.25) is 5.91 Å². The van der Waals surface area contributed by atoms with Crippen molar-refractivity contribution in [2.24, 2.45) is 5.73 Å². The molecule has 5 nitrogen and oxygen atoms in total. The Bertz CT molecular complexity index is 490. The molecule has 3 N–H and O–H groups in total. The molecule has 1 aromatic rings. The van der Waals surface area contributed by atoms with E-state index in [-0.39, 0.29) is 11.9 Å². The average Bonchev–Trinajstić information content (AvgIpc) is 2.91. The summed E-state index contributed by atoms with van der Waals surface area (Å²) in [6.45, 7) is 3.34. The summed E-state index contributed by atoms with van der Waals surface area (Å²) in [7, 11) is 0. The van der Waals surface area contributed by atoms with Crippen molar-refractivity contribution in [3.05, 3.63) is 24.3 Å². The molecule has 1 amide bonds. The van der Waals surface area contributed by atoms with Gasteiger partial charge in [-0.3, -0.25) is 4.79 Å². The Labute approximate surface area is 124 Å². The van der Waals surface area contributed by atoms with E-state index in [1.54, 1.807) is 0 Å². The molecular formula is C14H19N3O2S. The third kappa shape index (κ3) is 3.39. The maximum absolute atomic E-state index is 11.4. The van der Waals surface area contributed by atoms with Crippen LogP contribution in [0.2, 0.25) is 0 Å². The van der Waals surface area contributed by atoms with Crippen LogP contribution in [0, 0.1) is 0 Å². The van der Waals surface area contributed by atoms with Crippen molar-refractivity contribution in [2.75, 3.05) is 18.5 Å². The summed E-state index contributed by atoms with van der Waals surface area (Å²) in [6.07, 6.45) is 1.69. The summed E-state index contributed by atoms with van der Waals surface area (Å²) in [4.78, 5) is 13.2. The highest BCUT2D eigenvalue weighted by atomic mass is 32.1. The Kier molecular flexibility index (Phi) is 4.79. The first-order chi connectivity index (χ1) is 9.61. The van der Waals surface area contributed by atoms with Crippen LogP contribution in [0.25, 0.3) is 0 Å². The van der Waals surface area contributed by atoms with Crippen molar-refractivity contribution < 1.29 is 9.53 Å². The molecule has 2 rings (SSSR count). The minimum Gasteiger partial charge on any atom is -0.494 e. The van der Waals surface area contributed by atoms with Crippen LogP contribution in [0.4, 0.5) is 5.69 Å². The number of carbonyl (C=O) groups is 1. The van der Waals surface area contributed by atoms with E-state index in [2.05, 4.69) is 5.32 Å².